The summed E-state index contributed by atoms with van der Waals surface area (Å²) in [6.45, 7) is 8.62. The van der Waals surface area contributed by atoms with Crippen molar-refractivity contribution >= 4 is 29.2 Å². The minimum Gasteiger partial charge on any atom is -0.507 e. The molecule has 2 heterocycles. The van der Waals surface area contributed by atoms with Gasteiger partial charge in [0.2, 0.25) is 11.7 Å². The number of ketones is 3. The van der Waals surface area contributed by atoms with Gasteiger partial charge in [-0.1, -0.05) is 39.0 Å². The average molecular weight is 550 g/mol. The highest BCUT2D eigenvalue weighted by Gasteiger charge is 2.50. The lowest BCUT2D eigenvalue weighted by atomic mass is 9.71. The Morgan fingerprint density at radius 3 is 2.45 bits per heavy atom. The Bertz CT molecular complexity index is 1400. The number of Topliss-reactive ketones (excluding diaryl/α,β-unsaturated/α-hetero) is 3. The van der Waals surface area contributed by atoms with E-state index in [0.29, 0.717) is 19.3 Å². The Kier molecular flexibility index (Phi) is 7.99. The second kappa shape index (κ2) is 11.0. The zero-order valence-electron chi connectivity index (χ0n) is 23.4. The lowest BCUT2D eigenvalue weighted by Gasteiger charge is -2.33. The van der Waals surface area contributed by atoms with E-state index in [1.54, 1.807) is 12.2 Å². The number of allylic oxidation sites excluding steroid dienone is 2. The molecule has 4 rings (SSSR count). The van der Waals surface area contributed by atoms with Crippen LogP contribution in [0.4, 0.5) is 0 Å². The molecular formula is C31H35NO8. The van der Waals surface area contributed by atoms with Crippen molar-refractivity contribution in [3.8, 4) is 5.75 Å². The molecule has 40 heavy (non-hydrogen) atoms. The Morgan fingerprint density at radius 1 is 1.10 bits per heavy atom. The third kappa shape index (κ3) is 5.06. The highest BCUT2D eigenvalue weighted by atomic mass is 16.6. The number of benzene rings is 1. The number of carbonyl (C=O) groups excluding carboxylic acids is 5. The van der Waals surface area contributed by atoms with Crippen molar-refractivity contribution in [1.29, 1.82) is 0 Å². The van der Waals surface area contributed by atoms with Crippen LogP contribution < -0.4 is 5.32 Å². The number of hydrogen-bond acceptors (Lipinski definition) is 8. The fraction of sp³-hybridized carbons (Fsp3) is 0.452. The first kappa shape index (κ1) is 29.1. The second-order valence-electron chi connectivity index (χ2n) is 11.4. The van der Waals surface area contributed by atoms with Gasteiger partial charge in [-0.05, 0) is 56.6 Å². The molecule has 4 atom stereocenters. The molecule has 212 valence electrons. The number of esters is 1. The molecule has 0 radical (unpaired) electrons. The maximum Gasteiger partial charge on any atom is 0.320 e. The minimum atomic E-state index is -1.93. The number of cyclic esters (lactones) is 1. The predicted molar refractivity (Wildman–Crippen MR) is 146 cm³/mol. The molecule has 9 heteroatoms. The molecule has 3 aliphatic rings. The maximum absolute atomic E-state index is 14.2. The molecule has 0 saturated heterocycles. The van der Waals surface area contributed by atoms with E-state index in [0.717, 1.165) is 6.08 Å². The predicted octanol–water partition coefficient (Wildman–Crippen LogP) is 3.90. The molecule has 9 nitrogen and oxygen atoms in total. The zero-order valence-corrected chi connectivity index (χ0v) is 23.4. The average Bonchev–Trinajstić information content (AvgIpc) is 3.03. The summed E-state index contributed by atoms with van der Waals surface area (Å²) in [5.74, 6) is -4.27. The monoisotopic (exact) mass is 549 g/mol. The molecule has 3 N–H and O–H groups in total. The van der Waals surface area contributed by atoms with E-state index in [-0.39, 0.29) is 51.8 Å². The largest absolute Gasteiger partial charge is 0.507 e. The van der Waals surface area contributed by atoms with Crippen LogP contribution in [0.1, 0.15) is 90.0 Å². The van der Waals surface area contributed by atoms with Crippen LogP contribution in [-0.2, 0) is 14.3 Å². The number of rotatable bonds is 3. The molecule has 0 unspecified atom stereocenters. The minimum absolute atomic E-state index is 0.0332. The summed E-state index contributed by atoms with van der Waals surface area (Å²) in [5.41, 5.74) is -3.15. The number of aliphatic hydroxyl groups is 1. The van der Waals surface area contributed by atoms with Crippen molar-refractivity contribution in [2.24, 2.45) is 17.3 Å². The Labute approximate surface area is 233 Å². The number of aromatic hydroxyl groups is 1. The van der Waals surface area contributed by atoms with Gasteiger partial charge in [0.25, 0.3) is 0 Å². The van der Waals surface area contributed by atoms with Gasteiger partial charge >= 0.3 is 5.97 Å². The summed E-state index contributed by atoms with van der Waals surface area (Å²) in [6, 6.07) is 1.31. The van der Waals surface area contributed by atoms with E-state index in [2.05, 4.69) is 5.32 Å². The summed E-state index contributed by atoms with van der Waals surface area (Å²) >= 11 is 0. The van der Waals surface area contributed by atoms with Gasteiger partial charge in [-0.15, -0.1) is 0 Å². The van der Waals surface area contributed by atoms with Crippen LogP contribution in [0.25, 0.3) is 0 Å². The van der Waals surface area contributed by atoms with Crippen molar-refractivity contribution in [2.45, 2.75) is 72.5 Å². The van der Waals surface area contributed by atoms with Gasteiger partial charge in [0.1, 0.15) is 23.4 Å². The number of nitrogens with one attached hydrogen (secondary N) is 1. The summed E-state index contributed by atoms with van der Waals surface area (Å²) in [4.78, 5) is 68.1. The smallest absolute Gasteiger partial charge is 0.320 e. The van der Waals surface area contributed by atoms with E-state index < -0.39 is 52.6 Å². The van der Waals surface area contributed by atoms with E-state index in [1.165, 1.54) is 26.0 Å². The molecule has 0 saturated carbocycles. The van der Waals surface area contributed by atoms with Crippen LogP contribution >= 0.6 is 0 Å². The Morgan fingerprint density at radius 2 is 1.80 bits per heavy atom. The fourth-order valence-electron chi connectivity index (χ4n) is 5.51. The third-order valence-electron chi connectivity index (χ3n) is 7.89. The van der Waals surface area contributed by atoms with Crippen LogP contribution in [0.5, 0.6) is 5.75 Å². The van der Waals surface area contributed by atoms with Crippen LogP contribution in [0.15, 0.2) is 41.6 Å². The van der Waals surface area contributed by atoms with E-state index >= 15 is 0 Å². The quantitative estimate of drug-likeness (QED) is 0.380. The Balaban J connectivity index is 2.01. The Hall–Kier alpha value is -3.85. The molecule has 1 amide bonds. The number of phenols is 1. The first-order chi connectivity index (χ1) is 18.8. The summed E-state index contributed by atoms with van der Waals surface area (Å²) < 4.78 is 5.84. The molecule has 1 aromatic carbocycles. The van der Waals surface area contributed by atoms with Crippen LogP contribution in [0, 0.1) is 24.2 Å². The van der Waals surface area contributed by atoms with Crippen LogP contribution in [0.2, 0.25) is 0 Å². The molecule has 2 aliphatic heterocycles. The summed E-state index contributed by atoms with van der Waals surface area (Å²) in [6.07, 6.45) is 4.72. The number of hydrogen-bond donors (Lipinski definition) is 3. The number of ether oxygens (including phenoxy) is 1. The van der Waals surface area contributed by atoms with Crippen LogP contribution in [0.3, 0.4) is 0 Å². The third-order valence-corrected chi connectivity index (χ3v) is 7.89. The van der Waals surface area contributed by atoms with E-state index in [4.69, 9.17) is 4.74 Å². The van der Waals surface area contributed by atoms with Gasteiger partial charge in [0, 0.05) is 29.2 Å². The maximum atomic E-state index is 14.2. The molecule has 1 aromatic rings. The molecule has 0 aromatic heterocycles. The van der Waals surface area contributed by atoms with Gasteiger partial charge in [0.15, 0.2) is 11.6 Å². The number of aliphatic hydroxyl groups excluding tert-OH is 1. The van der Waals surface area contributed by atoms with Crippen molar-refractivity contribution < 1.29 is 38.9 Å². The number of aryl methyl sites for hydroxylation is 1. The van der Waals surface area contributed by atoms with Crippen molar-refractivity contribution in [2.75, 3.05) is 0 Å². The van der Waals surface area contributed by atoms with Gasteiger partial charge < -0.3 is 20.3 Å². The number of carbonyl (C=O) groups is 5. The molecule has 0 spiro atoms. The first-order valence-electron chi connectivity index (χ1n) is 13.6. The second-order valence-corrected chi connectivity index (χ2v) is 11.4. The van der Waals surface area contributed by atoms with Gasteiger partial charge in [-0.2, -0.15) is 0 Å². The van der Waals surface area contributed by atoms with E-state index in [9.17, 15) is 34.2 Å². The topological polar surface area (TPSA) is 147 Å². The first-order valence-corrected chi connectivity index (χ1v) is 13.6. The highest BCUT2D eigenvalue weighted by Crippen LogP contribution is 2.44. The normalized spacial score (nSPS) is 27.3. The van der Waals surface area contributed by atoms with Crippen LogP contribution in [-0.4, -0.2) is 51.6 Å². The lowest BCUT2D eigenvalue weighted by molar-refractivity contribution is -0.161. The van der Waals surface area contributed by atoms with Gasteiger partial charge in [-0.3, -0.25) is 24.0 Å². The molecule has 1 aliphatic carbocycles. The van der Waals surface area contributed by atoms with E-state index in [1.807, 2.05) is 20.8 Å². The SMILES string of the molecule is CC[C@H]1C=C[C@H](O)[C@H](CC(C)C)OC(=O)[C@]2(C)C=CC(=O)NC3=C2C(=O)c2c(cc(C)c(O)c2C(=O)CC1)C3=O. The summed E-state index contributed by atoms with van der Waals surface area (Å²) in [5, 5.41) is 24.4. The fourth-order valence-corrected chi connectivity index (χ4v) is 5.51. The molecular weight excluding hydrogens is 514 g/mol. The van der Waals surface area contributed by atoms with Gasteiger partial charge in [0.05, 0.1) is 11.3 Å². The molecule has 0 fully saturated rings. The highest BCUT2D eigenvalue weighted by molar-refractivity contribution is 6.32. The van der Waals surface area contributed by atoms with Crippen molar-refractivity contribution in [3.63, 3.8) is 0 Å². The van der Waals surface area contributed by atoms with Crippen molar-refractivity contribution in [1.82, 2.24) is 5.32 Å². The molecule has 2 bridgehead atoms. The number of phenolic OH excluding ortho intramolecular Hbond substituents is 1. The lowest BCUT2D eigenvalue weighted by Crippen LogP contribution is -2.43. The number of amides is 1. The van der Waals surface area contributed by atoms with Crippen molar-refractivity contribution in [3.05, 3.63) is 63.9 Å². The van der Waals surface area contributed by atoms with Gasteiger partial charge in [-0.25, -0.2) is 0 Å². The zero-order chi connectivity index (χ0) is 29.5. The standard InChI is InChI=1S/C31H35NO8/c1-6-17-7-9-19(33)21(13-15(2)3)40-30(39)31(5)12-11-22(35)32-26-25(31)29(38)23-18(28(26)37)14-16(4)27(36)24(23)20(34)10-8-17/h7,9,11-12,14-15,17,19,21,33,36H,6,8,10,13H2,1-5H3,(H,32,35)/t17-,19-,21-,31+/m0/s1. The summed E-state index contributed by atoms with van der Waals surface area (Å²) in [7, 11) is 0.